The van der Waals surface area contributed by atoms with Crippen molar-refractivity contribution in [1.29, 1.82) is 0 Å². The van der Waals surface area contributed by atoms with Gasteiger partial charge in [-0.3, -0.25) is 4.79 Å². The van der Waals surface area contributed by atoms with Crippen molar-refractivity contribution in [1.82, 2.24) is 0 Å². The summed E-state index contributed by atoms with van der Waals surface area (Å²) in [7, 11) is 0. The first-order chi connectivity index (χ1) is 10.0. The second-order valence-electron chi connectivity index (χ2n) is 4.16. The molecule has 0 aliphatic heterocycles. The van der Waals surface area contributed by atoms with E-state index in [4.69, 9.17) is 5.11 Å². The number of anilines is 1. The zero-order valence-electron chi connectivity index (χ0n) is 11.0. The molecule has 0 aliphatic carbocycles. The van der Waals surface area contributed by atoms with E-state index in [1.807, 2.05) is 0 Å². The molecule has 3 nitrogen and oxygen atoms in total. The molecule has 1 amide bonds. The van der Waals surface area contributed by atoms with Crippen LogP contribution in [0.5, 0.6) is 0 Å². The van der Waals surface area contributed by atoms with Crippen molar-refractivity contribution in [3.05, 3.63) is 51.2 Å². The number of aryl methyl sites for hydroxylation is 1. The summed E-state index contributed by atoms with van der Waals surface area (Å²) in [4.78, 5) is 12.4. The Hall–Kier alpha value is -2.23. The van der Waals surface area contributed by atoms with E-state index in [1.165, 1.54) is 6.92 Å². The minimum atomic E-state index is -0.707. The molecule has 0 saturated heterocycles. The van der Waals surface area contributed by atoms with Crippen LogP contribution in [0, 0.1) is 30.4 Å². The molecule has 0 saturated carbocycles. The number of nitrogens with one attached hydrogen (secondary N) is 1. The summed E-state index contributed by atoms with van der Waals surface area (Å²) < 4.78 is 27.1. The molecule has 0 spiro atoms. The summed E-state index contributed by atoms with van der Waals surface area (Å²) in [5.41, 5.74) is 0.369. The molecule has 0 atom stereocenters. The number of halogens is 2. The molecule has 2 N–H and O–H groups in total. The van der Waals surface area contributed by atoms with Gasteiger partial charge in [-0.25, -0.2) is 8.78 Å². The van der Waals surface area contributed by atoms with Crippen LogP contribution < -0.4 is 5.32 Å². The standard InChI is InChI=1S/C15H11F2NO2S/c1-9-7-12(17)13(8-11(9)16)18-15(20)14-10(3-2-5-19)4-6-21-14/h4,6-8,19H,5H2,1H3,(H,18,20). The van der Waals surface area contributed by atoms with Crippen LogP contribution in [-0.4, -0.2) is 17.6 Å². The maximum Gasteiger partial charge on any atom is 0.267 e. The number of aliphatic hydroxyl groups is 1. The first-order valence-corrected chi connectivity index (χ1v) is 6.85. The third kappa shape index (κ3) is 3.45. The quantitative estimate of drug-likeness (QED) is 0.838. The molecule has 0 radical (unpaired) electrons. The van der Waals surface area contributed by atoms with Gasteiger partial charge in [-0.15, -0.1) is 11.3 Å². The van der Waals surface area contributed by atoms with Crippen molar-refractivity contribution in [2.75, 3.05) is 11.9 Å². The summed E-state index contributed by atoms with van der Waals surface area (Å²) >= 11 is 1.13. The van der Waals surface area contributed by atoms with E-state index >= 15 is 0 Å². The van der Waals surface area contributed by atoms with Crippen LogP contribution in [0.4, 0.5) is 14.5 Å². The monoisotopic (exact) mass is 307 g/mol. The number of carbonyl (C=O) groups is 1. The summed E-state index contributed by atoms with van der Waals surface area (Å²) in [5, 5.41) is 12.6. The lowest BCUT2D eigenvalue weighted by molar-refractivity contribution is 0.103. The van der Waals surface area contributed by atoms with E-state index < -0.39 is 17.5 Å². The largest absolute Gasteiger partial charge is 0.384 e. The first kappa shape index (κ1) is 15.2. The molecule has 108 valence electrons. The zero-order chi connectivity index (χ0) is 15.4. The third-order valence-corrected chi connectivity index (χ3v) is 3.58. The van der Waals surface area contributed by atoms with E-state index in [1.54, 1.807) is 11.4 Å². The van der Waals surface area contributed by atoms with Gasteiger partial charge < -0.3 is 10.4 Å². The Morgan fingerprint density at radius 3 is 2.86 bits per heavy atom. The molecule has 1 heterocycles. The van der Waals surface area contributed by atoms with Crippen LogP contribution >= 0.6 is 11.3 Å². The van der Waals surface area contributed by atoms with E-state index in [0.717, 1.165) is 23.5 Å². The summed E-state index contributed by atoms with van der Waals surface area (Å²) in [6, 6.07) is 3.58. The molecule has 0 aliphatic rings. The Kier molecular flexibility index (Phi) is 4.68. The molecule has 0 unspecified atom stereocenters. The predicted octanol–water partition coefficient (Wildman–Crippen LogP) is 2.93. The predicted molar refractivity (Wildman–Crippen MR) is 77.3 cm³/mol. The van der Waals surface area contributed by atoms with E-state index in [9.17, 15) is 13.6 Å². The van der Waals surface area contributed by atoms with Gasteiger partial charge in [0.2, 0.25) is 0 Å². The lowest BCUT2D eigenvalue weighted by Gasteiger charge is -2.07. The number of benzene rings is 1. The first-order valence-electron chi connectivity index (χ1n) is 5.97. The average molecular weight is 307 g/mol. The number of hydrogen-bond acceptors (Lipinski definition) is 3. The number of hydrogen-bond donors (Lipinski definition) is 2. The molecule has 1 aromatic carbocycles. The Bertz CT molecular complexity index is 744. The maximum atomic E-state index is 13.7. The van der Waals surface area contributed by atoms with Gasteiger partial charge in [-0.05, 0) is 30.0 Å². The lowest BCUT2D eigenvalue weighted by Crippen LogP contribution is -2.13. The Morgan fingerprint density at radius 2 is 2.14 bits per heavy atom. The minimum absolute atomic E-state index is 0.163. The normalized spacial score (nSPS) is 9.90. The van der Waals surface area contributed by atoms with Gasteiger partial charge in [0.05, 0.1) is 5.69 Å². The van der Waals surface area contributed by atoms with E-state index in [0.29, 0.717) is 5.56 Å². The van der Waals surface area contributed by atoms with Crippen molar-refractivity contribution in [2.45, 2.75) is 6.92 Å². The Morgan fingerprint density at radius 1 is 1.38 bits per heavy atom. The molecule has 2 aromatic rings. The molecule has 6 heteroatoms. The van der Waals surface area contributed by atoms with Crippen molar-refractivity contribution in [3.63, 3.8) is 0 Å². The van der Waals surface area contributed by atoms with Crippen molar-refractivity contribution < 1.29 is 18.7 Å². The van der Waals surface area contributed by atoms with Gasteiger partial charge in [0, 0.05) is 11.6 Å². The number of carbonyl (C=O) groups excluding carboxylic acids is 1. The molecular weight excluding hydrogens is 296 g/mol. The van der Waals surface area contributed by atoms with E-state index in [-0.39, 0.29) is 22.7 Å². The molecule has 2 rings (SSSR count). The molecule has 0 fully saturated rings. The van der Waals surface area contributed by atoms with Crippen LogP contribution in [0.1, 0.15) is 20.8 Å². The highest BCUT2D eigenvalue weighted by Crippen LogP contribution is 2.22. The maximum absolute atomic E-state index is 13.7. The lowest BCUT2D eigenvalue weighted by atomic mass is 10.2. The topological polar surface area (TPSA) is 49.3 Å². The third-order valence-electron chi connectivity index (χ3n) is 2.67. The fraction of sp³-hybridized carbons (Fsp3) is 0.133. The smallest absolute Gasteiger partial charge is 0.267 e. The number of aliphatic hydroxyl groups excluding tert-OH is 1. The highest BCUT2D eigenvalue weighted by atomic mass is 32.1. The van der Waals surface area contributed by atoms with Gasteiger partial charge in [-0.1, -0.05) is 11.8 Å². The van der Waals surface area contributed by atoms with Crippen LogP contribution in [0.15, 0.2) is 23.6 Å². The molecular formula is C15H11F2NO2S. The van der Waals surface area contributed by atoms with Crippen molar-refractivity contribution >= 4 is 22.9 Å². The SMILES string of the molecule is Cc1cc(F)c(NC(=O)c2sccc2C#CCO)cc1F. The van der Waals surface area contributed by atoms with Gasteiger partial charge in [0.25, 0.3) is 5.91 Å². The van der Waals surface area contributed by atoms with Crippen LogP contribution in [0.2, 0.25) is 0 Å². The highest BCUT2D eigenvalue weighted by Gasteiger charge is 2.15. The number of thiophene rings is 1. The zero-order valence-corrected chi connectivity index (χ0v) is 11.9. The van der Waals surface area contributed by atoms with Gasteiger partial charge in [-0.2, -0.15) is 0 Å². The second-order valence-corrected chi connectivity index (χ2v) is 5.07. The Labute approximate surface area is 124 Å². The minimum Gasteiger partial charge on any atom is -0.384 e. The fourth-order valence-electron chi connectivity index (χ4n) is 1.64. The fourth-order valence-corrected chi connectivity index (χ4v) is 2.38. The summed E-state index contributed by atoms with van der Waals surface area (Å²) in [6.45, 7) is 1.11. The van der Waals surface area contributed by atoms with Crippen molar-refractivity contribution in [3.8, 4) is 11.8 Å². The molecule has 0 bridgehead atoms. The molecule has 21 heavy (non-hydrogen) atoms. The number of rotatable bonds is 2. The second kappa shape index (κ2) is 6.48. The van der Waals surface area contributed by atoms with Gasteiger partial charge in [0.15, 0.2) is 0 Å². The Balaban J connectivity index is 2.27. The summed E-state index contributed by atoms with van der Waals surface area (Å²) in [5.74, 6) is 3.18. The highest BCUT2D eigenvalue weighted by molar-refractivity contribution is 7.12. The van der Waals surface area contributed by atoms with Crippen LogP contribution in [0.25, 0.3) is 0 Å². The number of amides is 1. The summed E-state index contributed by atoms with van der Waals surface area (Å²) in [6.07, 6.45) is 0. The molecule has 1 aromatic heterocycles. The average Bonchev–Trinajstić information content (AvgIpc) is 2.91. The van der Waals surface area contributed by atoms with E-state index in [2.05, 4.69) is 17.2 Å². The van der Waals surface area contributed by atoms with Crippen LogP contribution in [0.3, 0.4) is 0 Å². The van der Waals surface area contributed by atoms with Crippen LogP contribution in [-0.2, 0) is 0 Å². The van der Waals surface area contributed by atoms with Crippen molar-refractivity contribution in [2.24, 2.45) is 0 Å². The van der Waals surface area contributed by atoms with Gasteiger partial charge in [0.1, 0.15) is 23.1 Å². The van der Waals surface area contributed by atoms with Gasteiger partial charge >= 0.3 is 0 Å².